The van der Waals surface area contributed by atoms with E-state index >= 15 is 0 Å². The van der Waals surface area contributed by atoms with Crippen molar-refractivity contribution in [2.75, 3.05) is 13.7 Å². The van der Waals surface area contributed by atoms with Crippen LogP contribution in [-0.4, -0.2) is 23.7 Å². The Morgan fingerprint density at radius 3 is 2.76 bits per heavy atom. The number of hydrogen-bond donors (Lipinski definition) is 1. The summed E-state index contributed by atoms with van der Waals surface area (Å²) < 4.78 is 4.97. The quantitative estimate of drug-likeness (QED) is 0.868. The largest absolute Gasteiger partial charge is 0.384 e. The Kier molecular flexibility index (Phi) is 3.67. The van der Waals surface area contributed by atoms with Gasteiger partial charge in [0.25, 0.3) is 5.56 Å². The molecule has 1 aromatic carbocycles. The minimum absolute atomic E-state index is 0.134. The van der Waals surface area contributed by atoms with Crippen molar-refractivity contribution in [1.82, 2.24) is 9.97 Å². The number of ether oxygens (including phenoxy) is 1. The first-order valence-corrected chi connectivity index (χ1v) is 5.44. The summed E-state index contributed by atoms with van der Waals surface area (Å²) in [7, 11) is 1.62. The second-order valence-corrected chi connectivity index (χ2v) is 3.69. The molecule has 17 heavy (non-hydrogen) atoms. The first-order valence-electron chi connectivity index (χ1n) is 5.44. The number of aromatic nitrogens is 2. The predicted octanol–water partition coefficient (Wildman–Crippen LogP) is 1.63. The van der Waals surface area contributed by atoms with Crippen molar-refractivity contribution < 1.29 is 4.74 Å². The molecule has 2 rings (SSSR count). The van der Waals surface area contributed by atoms with Crippen LogP contribution in [0.2, 0.25) is 0 Å². The monoisotopic (exact) mass is 230 g/mol. The van der Waals surface area contributed by atoms with Crippen molar-refractivity contribution in [3.05, 3.63) is 52.6 Å². The molecule has 0 fully saturated rings. The lowest BCUT2D eigenvalue weighted by Crippen LogP contribution is -2.12. The summed E-state index contributed by atoms with van der Waals surface area (Å²) in [6.07, 6.45) is 0.604. The number of rotatable bonds is 4. The molecule has 0 unspecified atom stereocenters. The van der Waals surface area contributed by atoms with Crippen molar-refractivity contribution >= 4 is 0 Å². The first-order chi connectivity index (χ1) is 8.29. The fourth-order valence-corrected chi connectivity index (χ4v) is 1.58. The van der Waals surface area contributed by atoms with Gasteiger partial charge in [0, 0.05) is 25.2 Å². The summed E-state index contributed by atoms with van der Waals surface area (Å²) in [6, 6.07) is 11.2. The third kappa shape index (κ3) is 3.01. The predicted molar refractivity (Wildman–Crippen MR) is 65.9 cm³/mol. The van der Waals surface area contributed by atoms with Gasteiger partial charge in [-0.2, -0.15) is 0 Å². The molecule has 4 nitrogen and oxygen atoms in total. The SMILES string of the molecule is COCCc1nc(-c2ccccc2)cc(=O)[nH]1. The van der Waals surface area contributed by atoms with Gasteiger partial charge in [0.2, 0.25) is 0 Å². The molecule has 0 saturated heterocycles. The average molecular weight is 230 g/mol. The number of nitrogens with zero attached hydrogens (tertiary/aromatic N) is 1. The van der Waals surface area contributed by atoms with E-state index in [1.165, 1.54) is 6.07 Å². The van der Waals surface area contributed by atoms with E-state index in [4.69, 9.17) is 4.74 Å². The summed E-state index contributed by atoms with van der Waals surface area (Å²) in [4.78, 5) is 18.6. The van der Waals surface area contributed by atoms with Crippen molar-refractivity contribution in [3.8, 4) is 11.3 Å². The van der Waals surface area contributed by atoms with E-state index < -0.39 is 0 Å². The lowest BCUT2D eigenvalue weighted by molar-refractivity contribution is 0.200. The summed E-state index contributed by atoms with van der Waals surface area (Å²) in [5, 5.41) is 0. The Labute approximate surface area is 99.3 Å². The Morgan fingerprint density at radius 2 is 2.06 bits per heavy atom. The molecule has 1 heterocycles. The van der Waals surface area contributed by atoms with E-state index in [-0.39, 0.29) is 5.56 Å². The number of hydrogen-bond acceptors (Lipinski definition) is 3. The maximum atomic E-state index is 11.5. The normalized spacial score (nSPS) is 10.4. The highest BCUT2D eigenvalue weighted by Crippen LogP contribution is 2.14. The van der Waals surface area contributed by atoms with Crippen LogP contribution in [0.5, 0.6) is 0 Å². The van der Waals surface area contributed by atoms with Crippen LogP contribution >= 0.6 is 0 Å². The zero-order valence-corrected chi connectivity index (χ0v) is 9.64. The maximum Gasteiger partial charge on any atom is 0.251 e. The molecule has 0 aliphatic carbocycles. The van der Waals surface area contributed by atoms with E-state index in [9.17, 15) is 4.79 Å². The third-order valence-electron chi connectivity index (χ3n) is 2.40. The summed E-state index contributed by atoms with van der Waals surface area (Å²) in [6.45, 7) is 0.543. The number of methoxy groups -OCH3 is 1. The topological polar surface area (TPSA) is 55.0 Å². The van der Waals surface area contributed by atoms with E-state index in [1.54, 1.807) is 7.11 Å². The molecule has 4 heteroatoms. The van der Waals surface area contributed by atoms with Gasteiger partial charge in [0.15, 0.2) is 0 Å². The van der Waals surface area contributed by atoms with E-state index in [2.05, 4.69) is 9.97 Å². The van der Waals surface area contributed by atoms with Gasteiger partial charge in [0.05, 0.1) is 12.3 Å². The van der Waals surface area contributed by atoms with Gasteiger partial charge in [-0.15, -0.1) is 0 Å². The number of H-pyrrole nitrogens is 1. The zero-order valence-electron chi connectivity index (χ0n) is 9.64. The molecule has 1 aromatic heterocycles. The smallest absolute Gasteiger partial charge is 0.251 e. The van der Waals surface area contributed by atoms with Crippen LogP contribution in [0.1, 0.15) is 5.82 Å². The average Bonchev–Trinajstić information content (AvgIpc) is 2.37. The molecule has 1 N–H and O–H groups in total. The van der Waals surface area contributed by atoms with E-state index in [1.807, 2.05) is 30.3 Å². The van der Waals surface area contributed by atoms with Crippen LogP contribution in [0.3, 0.4) is 0 Å². The Hall–Kier alpha value is -1.94. The number of benzene rings is 1. The molecule has 0 spiro atoms. The third-order valence-corrected chi connectivity index (χ3v) is 2.40. The van der Waals surface area contributed by atoms with Gasteiger partial charge < -0.3 is 9.72 Å². The first kappa shape index (κ1) is 11.5. The zero-order chi connectivity index (χ0) is 12.1. The van der Waals surface area contributed by atoms with Crippen LogP contribution in [-0.2, 0) is 11.2 Å². The van der Waals surface area contributed by atoms with Crippen LogP contribution < -0.4 is 5.56 Å². The maximum absolute atomic E-state index is 11.5. The van der Waals surface area contributed by atoms with Gasteiger partial charge in [-0.05, 0) is 0 Å². The van der Waals surface area contributed by atoms with Gasteiger partial charge in [0.1, 0.15) is 5.82 Å². The van der Waals surface area contributed by atoms with Crippen molar-refractivity contribution in [2.45, 2.75) is 6.42 Å². The molecule has 0 amide bonds. The van der Waals surface area contributed by atoms with Crippen LogP contribution in [0.25, 0.3) is 11.3 Å². The molecular weight excluding hydrogens is 216 g/mol. The Bertz CT molecular complexity index is 535. The molecule has 0 bridgehead atoms. The highest BCUT2D eigenvalue weighted by atomic mass is 16.5. The van der Waals surface area contributed by atoms with Crippen molar-refractivity contribution in [2.24, 2.45) is 0 Å². The van der Waals surface area contributed by atoms with Crippen LogP contribution in [0.15, 0.2) is 41.2 Å². The van der Waals surface area contributed by atoms with Crippen molar-refractivity contribution in [1.29, 1.82) is 0 Å². The molecule has 0 radical (unpaired) electrons. The second kappa shape index (κ2) is 5.41. The lowest BCUT2D eigenvalue weighted by Gasteiger charge is -2.03. The molecule has 88 valence electrons. The molecular formula is C13H14N2O2. The minimum atomic E-state index is -0.134. The van der Waals surface area contributed by atoms with Crippen LogP contribution in [0, 0.1) is 0 Å². The van der Waals surface area contributed by atoms with E-state index in [0.717, 1.165) is 5.56 Å². The molecule has 0 atom stereocenters. The fraction of sp³-hybridized carbons (Fsp3) is 0.231. The molecule has 0 aliphatic rings. The standard InChI is InChI=1S/C13H14N2O2/c1-17-8-7-12-14-11(9-13(16)15-12)10-5-3-2-4-6-10/h2-6,9H,7-8H2,1H3,(H,14,15,16). The lowest BCUT2D eigenvalue weighted by atomic mass is 10.1. The van der Waals surface area contributed by atoms with Gasteiger partial charge in [-0.3, -0.25) is 4.79 Å². The van der Waals surface area contributed by atoms with E-state index in [0.29, 0.717) is 24.5 Å². The Balaban J connectivity index is 2.35. The van der Waals surface area contributed by atoms with Crippen molar-refractivity contribution in [3.63, 3.8) is 0 Å². The molecule has 0 saturated carbocycles. The molecule has 2 aromatic rings. The number of aromatic amines is 1. The summed E-state index contributed by atoms with van der Waals surface area (Å²) in [5.41, 5.74) is 1.50. The van der Waals surface area contributed by atoms with Gasteiger partial charge >= 0.3 is 0 Å². The highest BCUT2D eigenvalue weighted by Gasteiger charge is 2.03. The second-order valence-electron chi connectivity index (χ2n) is 3.69. The summed E-state index contributed by atoms with van der Waals surface area (Å²) >= 11 is 0. The van der Waals surface area contributed by atoms with Crippen LogP contribution in [0.4, 0.5) is 0 Å². The minimum Gasteiger partial charge on any atom is -0.384 e. The number of nitrogens with one attached hydrogen (secondary N) is 1. The molecule has 0 aliphatic heterocycles. The van der Waals surface area contributed by atoms with Gasteiger partial charge in [-0.1, -0.05) is 30.3 Å². The highest BCUT2D eigenvalue weighted by molar-refractivity contribution is 5.58. The van der Waals surface area contributed by atoms with Gasteiger partial charge in [-0.25, -0.2) is 4.98 Å². The fourth-order valence-electron chi connectivity index (χ4n) is 1.58. The summed E-state index contributed by atoms with van der Waals surface area (Å²) in [5.74, 6) is 0.651. The Morgan fingerprint density at radius 1 is 1.29 bits per heavy atom.